The minimum atomic E-state index is 0.146. The number of imidazole rings is 1. The molecule has 0 radical (unpaired) electrons. The van der Waals surface area contributed by atoms with E-state index in [0.717, 1.165) is 32.4 Å². The Bertz CT molecular complexity index is 532. The molecule has 0 saturated carbocycles. The van der Waals surface area contributed by atoms with Gasteiger partial charge in [-0.1, -0.05) is 29.8 Å². The van der Waals surface area contributed by atoms with E-state index < -0.39 is 0 Å². The maximum absolute atomic E-state index is 11.7. The smallest absolute Gasteiger partial charge is 0.220 e. The molecule has 1 N–H and O–H groups in total. The van der Waals surface area contributed by atoms with E-state index in [2.05, 4.69) is 41.5 Å². The van der Waals surface area contributed by atoms with Crippen LogP contribution in [0.2, 0.25) is 0 Å². The van der Waals surface area contributed by atoms with E-state index >= 15 is 0 Å². The van der Waals surface area contributed by atoms with Crippen molar-refractivity contribution in [1.29, 1.82) is 0 Å². The quantitative estimate of drug-likeness (QED) is 0.758. The lowest BCUT2D eigenvalue weighted by molar-refractivity contribution is -0.121. The predicted molar refractivity (Wildman–Crippen MR) is 84.0 cm³/mol. The second kappa shape index (κ2) is 8.25. The standard InChI is InChI=1S/C17H23N3O/c1-15-6-8-16(9-7-15)4-2-5-17(21)19-10-3-12-20-13-11-18-14-20/h6-9,11,13-14H,2-5,10,12H2,1H3,(H,19,21). The fourth-order valence-corrected chi connectivity index (χ4v) is 2.20. The number of nitrogens with zero attached hydrogens (tertiary/aromatic N) is 2. The Labute approximate surface area is 126 Å². The third-order valence-corrected chi connectivity index (χ3v) is 3.46. The molecule has 0 fully saturated rings. The molecule has 1 heterocycles. The normalized spacial score (nSPS) is 10.5. The fourth-order valence-electron chi connectivity index (χ4n) is 2.20. The van der Waals surface area contributed by atoms with Crippen molar-refractivity contribution in [2.24, 2.45) is 0 Å². The van der Waals surface area contributed by atoms with Gasteiger partial charge in [-0.3, -0.25) is 4.79 Å². The number of benzene rings is 1. The van der Waals surface area contributed by atoms with Crippen molar-refractivity contribution in [3.8, 4) is 0 Å². The van der Waals surface area contributed by atoms with Crippen LogP contribution in [-0.2, 0) is 17.8 Å². The summed E-state index contributed by atoms with van der Waals surface area (Å²) in [6, 6.07) is 8.51. The summed E-state index contributed by atoms with van der Waals surface area (Å²) in [7, 11) is 0. The van der Waals surface area contributed by atoms with Gasteiger partial charge in [-0.15, -0.1) is 0 Å². The van der Waals surface area contributed by atoms with Gasteiger partial charge < -0.3 is 9.88 Å². The van der Waals surface area contributed by atoms with Gasteiger partial charge in [0.25, 0.3) is 0 Å². The fraction of sp³-hybridized carbons (Fsp3) is 0.412. The van der Waals surface area contributed by atoms with E-state index in [1.165, 1.54) is 11.1 Å². The molecule has 0 aliphatic heterocycles. The summed E-state index contributed by atoms with van der Waals surface area (Å²) in [6.07, 6.45) is 8.88. The SMILES string of the molecule is Cc1ccc(CCCC(=O)NCCCn2ccnc2)cc1. The second-order valence-electron chi connectivity index (χ2n) is 5.34. The molecule has 0 bridgehead atoms. The van der Waals surface area contributed by atoms with E-state index in [-0.39, 0.29) is 5.91 Å². The van der Waals surface area contributed by atoms with E-state index in [0.29, 0.717) is 6.42 Å². The summed E-state index contributed by atoms with van der Waals surface area (Å²) in [5.74, 6) is 0.146. The summed E-state index contributed by atoms with van der Waals surface area (Å²) in [5, 5.41) is 2.97. The van der Waals surface area contributed by atoms with Crippen LogP contribution in [0.5, 0.6) is 0 Å². The van der Waals surface area contributed by atoms with Crippen molar-refractivity contribution >= 4 is 5.91 Å². The Balaban J connectivity index is 1.54. The number of hydrogen-bond donors (Lipinski definition) is 1. The van der Waals surface area contributed by atoms with Crippen LogP contribution in [0.4, 0.5) is 0 Å². The monoisotopic (exact) mass is 285 g/mol. The molecule has 2 rings (SSSR count). The van der Waals surface area contributed by atoms with Gasteiger partial charge in [0.05, 0.1) is 6.33 Å². The largest absolute Gasteiger partial charge is 0.356 e. The number of nitrogens with one attached hydrogen (secondary N) is 1. The summed E-state index contributed by atoms with van der Waals surface area (Å²) in [4.78, 5) is 15.7. The minimum absolute atomic E-state index is 0.146. The Morgan fingerprint density at radius 2 is 2.05 bits per heavy atom. The third-order valence-electron chi connectivity index (χ3n) is 3.46. The molecule has 0 saturated heterocycles. The number of aromatic nitrogens is 2. The van der Waals surface area contributed by atoms with Gasteiger partial charge in [-0.25, -0.2) is 4.98 Å². The van der Waals surface area contributed by atoms with Crippen molar-refractivity contribution in [3.05, 3.63) is 54.1 Å². The van der Waals surface area contributed by atoms with E-state index in [1.54, 1.807) is 12.5 Å². The van der Waals surface area contributed by atoms with Crippen LogP contribution in [0.25, 0.3) is 0 Å². The molecule has 0 aliphatic carbocycles. The van der Waals surface area contributed by atoms with Gasteiger partial charge in [0.15, 0.2) is 0 Å². The van der Waals surface area contributed by atoms with E-state index in [1.807, 2.05) is 10.8 Å². The van der Waals surface area contributed by atoms with E-state index in [9.17, 15) is 4.79 Å². The van der Waals surface area contributed by atoms with Crippen LogP contribution in [0, 0.1) is 6.92 Å². The van der Waals surface area contributed by atoms with Crippen molar-refractivity contribution in [2.45, 2.75) is 39.2 Å². The van der Waals surface area contributed by atoms with Crippen LogP contribution in [0.15, 0.2) is 43.0 Å². The minimum Gasteiger partial charge on any atom is -0.356 e. The molecule has 4 nitrogen and oxygen atoms in total. The van der Waals surface area contributed by atoms with Gasteiger partial charge in [-0.05, 0) is 31.7 Å². The lowest BCUT2D eigenvalue weighted by Gasteiger charge is -2.06. The van der Waals surface area contributed by atoms with Gasteiger partial charge in [0, 0.05) is 31.9 Å². The average Bonchev–Trinajstić information content (AvgIpc) is 2.99. The number of hydrogen-bond acceptors (Lipinski definition) is 2. The lowest BCUT2D eigenvalue weighted by atomic mass is 10.1. The molecule has 4 heteroatoms. The molecule has 112 valence electrons. The van der Waals surface area contributed by atoms with Gasteiger partial charge in [-0.2, -0.15) is 0 Å². The molecule has 1 aromatic heterocycles. The highest BCUT2D eigenvalue weighted by molar-refractivity contribution is 5.75. The highest BCUT2D eigenvalue weighted by Gasteiger charge is 2.01. The van der Waals surface area contributed by atoms with Crippen LogP contribution >= 0.6 is 0 Å². The highest BCUT2D eigenvalue weighted by Crippen LogP contribution is 2.07. The number of carbonyl (C=O) groups excluding carboxylic acids is 1. The third kappa shape index (κ3) is 5.81. The van der Waals surface area contributed by atoms with Crippen molar-refractivity contribution in [2.75, 3.05) is 6.54 Å². The zero-order valence-electron chi connectivity index (χ0n) is 12.6. The first-order chi connectivity index (χ1) is 10.2. The summed E-state index contributed by atoms with van der Waals surface area (Å²) < 4.78 is 2.02. The first-order valence-corrected chi connectivity index (χ1v) is 7.52. The maximum Gasteiger partial charge on any atom is 0.220 e. The highest BCUT2D eigenvalue weighted by atomic mass is 16.1. The topological polar surface area (TPSA) is 46.9 Å². The first-order valence-electron chi connectivity index (χ1n) is 7.52. The zero-order chi connectivity index (χ0) is 14.9. The van der Waals surface area contributed by atoms with Crippen molar-refractivity contribution in [1.82, 2.24) is 14.9 Å². The molecule has 0 spiro atoms. The zero-order valence-corrected chi connectivity index (χ0v) is 12.6. The van der Waals surface area contributed by atoms with Crippen LogP contribution in [0.1, 0.15) is 30.4 Å². The lowest BCUT2D eigenvalue weighted by Crippen LogP contribution is -2.24. The number of carbonyl (C=O) groups is 1. The predicted octanol–water partition coefficient (Wildman–Crippen LogP) is 2.72. The molecule has 0 aliphatic rings. The van der Waals surface area contributed by atoms with Crippen LogP contribution in [-0.4, -0.2) is 22.0 Å². The van der Waals surface area contributed by atoms with Gasteiger partial charge in [0.2, 0.25) is 5.91 Å². The van der Waals surface area contributed by atoms with E-state index in [4.69, 9.17) is 0 Å². The average molecular weight is 285 g/mol. The maximum atomic E-state index is 11.7. The number of rotatable bonds is 8. The Kier molecular flexibility index (Phi) is 6.00. The van der Waals surface area contributed by atoms with Crippen molar-refractivity contribution in [3.63, 3.8) is 0 Å². The molecule has 2 aromatic rings. The summed E-state index contributed by atoms with van der Waals surface area (Å²) >= 11 is 0. The van der Waals surface area contributed by atoms with Crippen molar-refractivity contribution < 1.29 is 4.79 Å². The van der Waals surface area contributed by atoms with Crippen LogP contribution < -0.4 is 5.32 Å². The Hall–Kier alpha value is -2.10. The van der Waals surface area contributed by atoms with Gasteiger partial charge >= 0.3 is 0 Å². The number of amides is 1. The Morgan fingerprint density at radius 3 is 2.76 bits per heavy atom. The molecular weight excluding hydrogens is 262 g/mol. The second-order valence-corrected chi connectivity index (χ2v) is 5.34. The first kappa shape index (κ1) is 15.3. The molecule has 0 unspecified atom stereocenters. The summed E-state index contributed by atoms with van der Waals surface area (Å²) in [6.45, 7) is 3.70. The van der Waals surface area contributed by atoms with Gasteiger partial charge in [0.1, 0.15) is 0 Å². The van der Waals surface area contributed by atoms with Crippen LogP contribution in [0.3, 0.4) is 0 Å². The Morgan fingerprint density at radius 1 is 1.24 bits per heavy atom. The molecule has 21 heavy (non-hydrogen) atoms. The molecule has 0 atom stereocenters. The summed E-state index contributed by atoms with van der Waals surface area (Å²) in [5.41, 5.74) is 2.57. The molecule has 1 aromatic carbocycles. The molecular formula is C17H23N3O. The molecule has 1 amide bonds. The number of aryl methyl sites for hydroxylation is 3.